The van der Waals surface area contributed by atoms with Crippen LogP contribution in [0.2, 0.25) is 0 Å². The third kappa shape index (κ3) is 2.50. The number of hydrogen-bond donors (Lipinski definition) is 2. The Labute approximate surface area is 120 Å². The molecule has 2 rings (SSSR count). The Morgan fingerprint density at radius 2 is 2.29 bits per heavy atom. The van der Waals surface area contributed by atoms with Crippen molar-refractivity contribution in [1.82, 2.24) is 0 Å². The first kappa shape index (κ1) is 15.4. The summed E-state index contributed by atoms with van der Waals surface area (Å²) >= 11 is 0. The van der Waals surface area contributed by atoms with Crippen LogP contribution < -0.4 is 10.5 Å². The Hall–Kier alpha value is -1.99. The molecule has 1 unspecified atom stereocenters. The van der Waals surface area contributed by atoms with Crippen molar-refractivity contribution < 1.29 is 28.2 Å². The van der Waals surface area contributed by atoms with E-state index < -0.39 is 29.2 Å². The number of ether oxygens (including phenoxy) is 2. The maximum absolute atomic E-state index is 13.8. The van der Waals surface area contributed by atoms with Crippen LogP contribution in [0, 0.1) is 11.6 Å². The van der Waals surface area contributed by atoms with Gasteiger partial charge in [0.1, 0.15) is 6.61 Å². The van der Waals surface area contributed by atoms with Gasteiger partial charge in [-0.05, 0) is 18.6 Å². The van der Waals surface area contributed by atoms with Crippen molar-refractivity contribution in [3.8, 4) is 5.75 Å². The van der Waals surface area contributed by atoms with Crippen LogP contribution in [-0.2, 0) is 9.53 Å². The van der Waals surface area contributed by atoms with Crippen LogP contribution in [0.1, 0.15) is 18.4 Å². The minimum atomic E-state index is -2.45. The molecule has 0 fully saturated rings. The van der Waals surface area contributed by atoms with Gasteiger partial charge in [0, 0.05) is 5.56 Å². The molecular weight excluding hydrogens is 284 g/mol. The predicted octanol–water partition coefficient (Wildman–Crippen LogP) is 1.21. The summed E-state index contributed by atoms with van der Waals surface area (Å²) in [5.74, 6) is -4.92. The topological polar surface area (TPSA) is 81.8 Å². The van der Waals surface area contributed by atoms with Gasteiger partial charge in [0.25, 0.3) is 0 Å². The molecule has 1 aliphatic heterocycles. The second kappa shape index (κ2) is 5.42. The average Bonchev–Trinajstić information content (AvgIpc) is 2.42. The van der Waals surface area contributed by atoms with Crippen LogP contribution in [0.3, 0.4) is 0 Å². The lowest BCUT2D eigenvalue weighted by Crippen LogP contribution is -2.55. The zero-order valence-corrected chi connectivity index (χ0v) is 11.4. The van der Waals surface area contributed by atoms with Crippen LogP contribution in [0.5, 0.6) is 5.75 Å². The maximum atomic E-state index is 13.8. The van der Waals surface area contributed by atoms with Gasteiger partial charge in [-0.3, -0.25) is 5.73 Å². The van der Waals surface area contributed by atoms with Gasteiger partial charge in [-0.2, -0.15) is 4.39 Å². The number of halogens is 2. The lowest BCUT2D eigenvalue weighted by molar-refractivity contribution is -0.166. The molecule has 0 saturated heterocycles. The molecule has 0 radical (unpaired) electrons. The Kier molecular flexibility index (Phi) is 3.97. The van der Waals surface area contributed by atoms with Crippen LogP contribution >= 0.6 is 0 Å². The number of fused-ring (bicyclic) bond motifs is 1. The molecule has 5 nitrogen and oxygen atoms in total. The average molecular weight is 299 g/mol. The number of hydrogen-bond acceptors (Lipinski definition) is 5. The Morgan fingerprint density at radius 3 is 2.90 bits per heavy atom. The molecule has 21 heavy (non-hydrogen) atoms. The Bertz CT molecular complexity index is 601. The van der Waals surface area contributed by atoms with Crippen molar-refractivity contribution in [2.45, 2.75) is 18.6 Å². The SMILES string of the molecule is C=C1COc2c(ccc(F)c2F)C1[C@](N)(O)C(=O)OCC. The van der Waals surface area contributed by atoms with Crippen molar-refractivity contribution in [1.29, 1.82) is 0 Å². The molecule has 2 atom stereocenters. The smallest absolute Gasteiger partial charge is 0.354 e. The third-order valence-corrected chi connectivity index (χ3v) is 3.24. The number of esters is 1. The molecule has 0 saturated carbocycles. The standard InChI is InChI=1S/C14H15F2NO4/c1-3-20-13(18)14(17,19)10-7(2)6-21-12-8(10)4-5-9(15)11(12)16/h4-5,10,19H,2-3,6,17H2,1H3/t10?,14-/m0/s1. The summed E-state index contributed by atoms with van der Waals surface area (Å²) in [6.07, 6.45) is 0. The molecular formula is C14H15F2NO4. The molecule has 7 heteroatoms. The second-order valence-corrected chi connectivity index (χ2v) is 4.71. The molecule has 0 amide bonds. The van der Waals surface area contributed by atoms with Gasteiger partial charge >= 0.3 is 5.97 Å². The van der Waals surface area contributed by atoms with E-state index >= 15 is 0 Å². The van der Waals surface area contributed by atoms with E-state index in [0.717, 1.165) is 6.07 Å². The van der Waals surface area contributed by atoms with Gasteiger partial charge in [0.15, 0.2) is 11.6 Å². The summed E-state index contributed by atoms with van der Waals surface area (Å²) in [4.78, 5) is 11.8. The molecule has 0 aliphatic carbocycles. The number of rotatable bonds is 3. The van der Waals surface area contributed by atoms with E-state index in [1.165, 1.54) is 6.07 Å². The highest BCUT2D eigenvalue weighted by Crippen LogP contribution is 2.43. The van der Waals surface area contributed by atoms with Crippen molar-refractivity contribution in [2.24, 2.45) is 5.73 Å². The fourth-order valence-corrected chi connectivity index (χ4v) is 2.30. The largest absolute Gasteiger partial charge is 0.486 e. The minimum Gasteiger partial charge on any atom is -0.486 e. The highest BCUT2D eigenvalue weighted by molar-refractivity contribution is 5.81. The lowest BCUT2D eigenvalue weighted by atomic mass is 9.81. The van der Waals surface area contributed by atoms with Gasteiger partial charge in [-0.25, -0.2) is 9.18 Å². The fourth-order valence-electron chi connectivity index (χ4n) is 2.30. The van der Waals surface area contributed by atoms with Gasteiger partial charge in [0.05, 0.1) is 12.5 Å². The molecule has 1 aromatic carbocycles. The number of aliphatic hydroxyl groups is 1. The van der Waals surface area contributed by atoms with E-state index in [9.17, 15) is 18.7 Å². The molecule has 1 aromatic rings. The molecule has 3 N–H and O–H groups in total. The van der Waals surface area contributed by atoms with Crippen molar-refractivity contribution in [2.75, 3.05) is 13.2 Å². The Balaban J connectivity index is 2.53. The van der Waals surface area contributed by atoms with Crippen LogP contribution in [0.15, 0.2) is 24.3 Å². The van der Waals surface area contributed by atoms with Crippen molar-refractivity contribution in [3.05, 3.63) is 41.5 Å². The first-order valence-electron chi connectivity index (χ1n) is 6.27. The summed E-state index contributed by atoms with van der Waals surface area (Å²) < 4.78 is 36.8. The summed E-state index contributed by atoms with van der Waals surface area (Å²) in [6, 6.07) is 2.06. The molecule has 1 heterocycles. The van der Waals surface area contributed by atoms with E-state index in [0.29, 0.717) is 0 Å². The monoisotopic (exact) mass is 299 g/mol. The van der Waals surface area contributed by atoms with E-state index in [4.69, 9.17) is 15.2 Å². The molecule has 1 aliphatic rings. The van der Waals surface area contributed by atoms with Gasteiger partial charge in [-0.1, -0.05) is 12.6 Å². The van der Waals surface area contributed by atoms with Gasteiger partial charge in [-0.15, -0.1) is 0 Å². The summed E-state index contributed by atoms with van der Waals surface area (Å²) in [5, 5.41) is 10.3. The molecule has 0 bridgehead atoms. The minimum absolute atomic E-state index is 0.0126. The second-order valence-electron chi connectivity index (χ2n) is 4.71. The number of carbonyl (C=O) groups excluding carboxylic acids is 1. The van der Waals surface area contributed by atoms with E-state index in [2.05, 4.69) is 6.58 Å². The third-order valence-electron chi connectivity index (χ3n) is 3.24. The highest BCUT2D eigenvalue weighted by atomic mass is 19.2. The maximum Gasteiger partial charge on any atom is 0.354 e. The zero-order valence-electron chi connectivity index (χ0n) is 11.4. The zero-order chi connectivity index (χ0) is 15.8. The van der Waals surface area contributed by atoms with Crippen molar-refractivity contribution >= 4 is 5.97 Å². The molecule has 0 aromatic heterocycles. The van der Waals surface area contributed by atoms with Crippen LogP contribution in [0.25, 0.3) is 0 Å². The fraction of sp³-hybridized carbons (Fsp3) is 0.357. The molecule has 0 spiro atoms. The van der Waals surface area contributed by atoms with E-state index in [-0.39, 0.29) is 30.1 Å². The van der Waals surface area contributed by atoms with E-state index in [1.807, 2.05) is 0 Å². The predicted molar refractivity (Wildman–Crippen MR) is 69.5 cm³/mol. The first-order valence-corrected chi connectivity index (χ1v) is 6.27. The Morgan fingerprint density at radius 1 is 1.62 bits per heavy atom. The lowest BCUT2D eigenvalue weighted by Gasteiger charge is -2.36. The number of benzene rings is 1. The summed E-state index contributed by atoms with van der Waals surface area (Å²) in [5.41, 5.74) is 3.52. The van der Waals surface area contributed by atoms with Gasteiger partial charge in [0.2, 0.25) is 11.5 Å². The van der Waals surface area contributed by atoms with Crippen LogP contribution in [0.4, 0.5) is 8.78 Å². The summed E-state index contributed by atoms with van der Waals surface area (Å²) in [6.45, 7) is 5.03. The highest BCUT2D eigenvalue weighted by Gasteiger charge is 2.47. The first-order chi connectivity index (χ1) is 9.80. The molecule has 114 valence electrons. The number of carbonyl (C=O) groups is 1. The van der Waals surface area contributed by atoms with Crippen molar-refractivity contribution in [3.63, 3.8) is 0 Å². The summed E-state index contributed by atoms with van der Waals surface area (Å²) in [7, 11) is 0. The van der Waals surface area contributed by atoms with E-state index in [1.54, 1.807) is 6.92 Å². The normalized spacial score (nSPS) is 20.2. The van der Waals surface area contributed by atoms with Gasteiger partial charge < -0.3 is 14.6 Å². The quantitative estimate of drug-likeness (QED) is 0.498. The number of nitrogens with two attached hydrogens (primary N) is 1. The van der Waals surface area contributed by atoms with Crippen LogP contribution in [-0.4, -0.2) is 30.0 Å².